The number of hydrogen-bond donors (Lipinski definition) is 2. The van der Waals surface area contributed by atoms with Gasteiger partial charge in [-0.2, -0.15) is 18.4 Å². The first-order valence-electron chi connectivity index (χ1n) is 8.37. The molecule has 0 aliphatic carbocycles. The molecular formula is C20H16F3N3O3. The highest BCUT2D eigenvalue weighted by Crippen LogP contribution is 2.20. The number of hydrogen-bond acceptors (Lipinski definition) is 4. The molecular weight excluding hydrogens is 387 g/mol. The first-order chi connectivity index (χ1) is 13.7. The van der Waals surface area contributed by atoms with Crippen molar-refractivity contribution >= 4 is 29.3 Å². The number of nitrogens with one attached hydrogen (secondary N) is 2. The zero-order chi connectivity index (χ0) is 21.4. The van der Waals surface area contributed by atoms with Gasteiger partial charge in [-0.15, -0.1) is 0 Å². The summed E-state index contributed by atoms with van der Waals surface area (Å²) >= 11 is 0. The van der Waals surface area contributed by atoms with Crippen molar-refractivity contribution in [2.75, 3.05) is 17.2 Å². The Labute approximate surface area is 164 Å². The van der Waals surface area contributed by atoms with Gasteiger partial charge in [0.25, 0.3) is 5.91 Å². The number of carbonyl (C=O) groups is 2. The molecule has 9 heteroatoms. The van der Waals surface area contributed by atoms with Crippen molar-refractivity contribution in [2.24, 2.45) is 0 Å². The highest BCUT2D eigenvalue weighted by atomic mass is 19.4. The molecule has 2 amide bonds. The van der Waals surface area contributed by atoms with E-state index in [9.17, 15) is 28.0 Å². The number of alkyl halides is 3. The molecule has 0 spiro atoms. The molecule has 0 atom stereocenters. The van der Waals surface area contributed by atoms with Crippen LogP contribution in [0.3, 0.4) is 0 Å². The quantitative estimate of drug-likeness (QED) is 0.560. The fourth-order valence-corrected chi connectivity index (χ4v) is 2.22. The summed E-state index contributed by atoms with van der Waals surface area (Å²) < 4.78 is 42.4. The van der Waals surface area contributed by atoms with Gasteiger partial charge in [0.2, 0.25) is 0 Å². The summed E-state index contributed by atoms with van der Waals surface area (Å²) in [5.41, 5.74) is 0.317. The maximum Gasteiger partial charge on any atom is 0.471 e. The predicted octanol–water partition coefficient (Wildman–Crippen LogP) is 4.13. The normalized spacial score (nSPS) is 11.3. The Morgan fingerprint density at radius 1 is 1.10 bits per heavy atom. The lowest BCUT2D eigenvalue weighted by atomic mass is 10.1. The van der Waals surface area contributed by atoms with Gasteiger partial charge in [0.1, 0.15) is 17.4 Å². The monoisotopic (exact) mass is 403 g/mol. The minimum atomic E-state index is -5.03. The van der Waals surface area contributed by atoms with E-state index in [4.69, 9.17) is 4.74 Å². The van der Waals surface area contributed by atoms with E-state index < -0.39 is 18.0 Å². The lowest BCUT2D eigenvalue weighted by molar-refractivity contribution is -0.167. The Kier molecular flexibility index (Phi) is 6.98. The second kappa shape index (κ2) is 9.41. The van der Waals surface area contributed by atoms with Crippen LogP contribution < -0.4 is 15.4 Å². The standard InChI is InChI=1S/C20H16F3N3O3/c1-2-29-17-8-6-15(7-9-17)25-18(27)14(12-24)10-13-4-3-5-16(11-13)26-19(28)20(21,22)23/h3-11H,2H2,1H3,(H,25,27)(H,26,28)/b14-10+. The van der Waals surface area contributed by atoms with Crippen LogP contribution in [0.1, 0.15) is 12.5 Å². The number of anilines is 2. The zero-order valence-corrected chi connectivity index (χ0v) is 15.2. The van der Waals surface area contributed by atoms with Crippen molar-refractivity contribution in [1.82, 2.24) is 0 Å². The number of rotatable bonds is 6. The summed E-state index contributed by atoms with van der Waals surface area (Å²) in [6, 6.07) is 13.6. The molecule has 0 radical (unpaired) electrons. The Bertz CT molecular complexity index is 961. The van der Waals surface area contributed by atoms with E-state index in [2.05, 4.69) is 5.32 Å². The minimum absolute atomic E-state index is 0.120. The van der Waals surface area contributed by atoms with E-state index in [1.54, 1.807) is 35.7 Å². The van der Waals surface area contributed by atoms with E-state index in [0.29, 0.717) is 18.0 Å². The minimum Gasteiger partial charge on any atom is -0.494 e. The van der Waals surface area contributed by atoms with Gasteiger partial charge in [-0.1, -0.05) is 12.1 Å². The molecule has 0 aliphatic rings. The Hall–Kier alpha value is -3.80. The lowest BCUT2D eigenvalue weighted by Gasteiger charge is -2.09. The molecule has 0 fully saturated rings. The molecule has 0 saturated heterocycles. The van der Waals surface area contributed by atoms with Gasteiger partial charge in [-0.25, -0.2) is 0 Å². The van der Waals surface area contributed by atoms with E-state index in [-0.39, 0.29) is 16.8 Å². The van der Waals surface area contributed by atoms with Crippen LogP contribution in [-0.2, 0) is 9.59 Å². The largest absolute Gasteiger partial charge is 0.494 e. The molecule has 0 unspecified atom stereocenters. The number of ether oxygens (including phenoxy) is 1. The van der Waals surface area contributed by atoms with Gasteiger partial charge >= 0.3 is 12.1 Å². The molecule has 0 heterocycles. The van der Waals surface area contributed by atoms with Crippen molar-refractivity contribution < 1.29 is 27.5 Å². The first-order valence-corrected chi connectivity index (χ1v) is 8.37. The van der Waals surface area contributed by atoms with Gasteiger partial charge in [0.15, 0.2) is 0 Å². The molecule has 29 heavy (non-hydrogen) atoms. The Balaban J connectivity index is 2.14. The fourth-order valence-electron chi connectivity index (χ4n) is 2.22. The van der Waals surface area contributed by atoms with Gasteiger partial charge in [-0.3, -0.25) is 9.59 Å². The lowest BCUT2D eigenvalue weighted by Crippen LogP contribution is -2.29. The van der Waals surface area contributed by atoms with Crippen molar-refractivity contribution in [3.05, 3.63) is 59.7 Å². The molecule has 2 aromatic carbocycles. The smallest absolute Gasteiger partial charge is 0.471 e. The topological polar surface area (TPSA) is 91.2 Å². The summed E-state index contributed by atoms with van der Waals surface area (Å²) in [5.74, 6) is -2.19. The average molecular weight is 403 g/mol. The summed E-state index contributed by atoms with van der Waals surface area (Å²) in [4.78, 5) is 23.3. The Morgan fingerprint density at radius 2 is 1.79 bits per heavy atom. The van der Waals surface area contributed by atoms with Crippen LogP contribution in [0.5, 0.6) is 5.75 Å². The molecule has 0 bridgehead atoms. The van der Waals surface area contributed by atoms with Crippen molar-refractivity contribution in [3.8, 4) is 11.8 Å². The third-order valence-electron chi connectivity index (χ3n) is 3.50. The van der Waals surface area contributed by atoms with Crippen LogP contribution >= 0.6 is 0 Å². The summed E-state index contributed by atoms with van der Waals surface area (Å²) in [7, 11) is 0. The van der Waals surface area contributed by atoms with E-state index in [1.165, 1.54) is 30.3 Å². The van der Waals surface area contributed by atoms with Gasteiger partial charge in [0.05, 0.1) is 6.61 Å². The van der Waals surface area contributed by atoms with E-state index >= 15 is 0 Å². The number of amides is 2. The Morgan fingerprint density at radius 3 is 2.38 bits per heavy atom. The van der Waals surface area contributed by atoms with Crippen LogP contribution in [0, 0.1) is 11.3 Å². The van der Waals surface area contributed by atoms with Crippen LogP contribution in [0.25, 0.3) is 6.08 Å². The maximum atomic E-state index is 12.4. The van der Waals surface area contributed by atoms with Gasteiger partial charge in [0, 0.05) is 11.4 Å². The zero-order valence-electron chi connectivity index (χ0n) is 15.2. The second-order valence-electron chi connectivity index (χ2n) is 5.66. The fraction of sp³-hybridized carbons (Fsp3) is 0.150. The van der Waals surface area contributed by atoms with Gasteiger partial charge < -0.3 is 15.4 Å². The number of halogens is 3. The number of carbonyl (C=O) groups excluding carboxylic acids is 2. The van der Waals surface area contributed by atoms with Crippen molar-refractivity contribution in [1.29, 1.82) is 5.26 Å². The predicted molar refractivity (Wildman–Crippen MR) is 101 cm³/mol. The van der Waals surface area contributed by atoms with Crippen molar-refractivity contribution in [3.63, 3.8) is 0 Å². The summed E-state index contributed by atoms with van der Waals surface area (Å²) in [6.45, 7) is 2.33. The summed E-state index contributed by atoms with van der Waals surface area (Å²) in [5, 5.41) is 13.5. The number of benzene rings is 2. The third kappa shape index (κ3) is 6.39. The van der Waals surface area contributed by atoms with Crippen LogP contribution in [-0.4, -0.2) is 24.6 Å². The SMILES string of the molecule is CCOc1ccc(NC(=O)/C(C#N)=C/c2cccc(NC(=O)C(F)(F)F)c2)cc1. The molecule has 6 nitrogen and oxygen atoms in total. The van der Waals surface area contributed by atoms with E-state index in [0.717, 1.165) is 0 Å². The maximum absolute atomic E-state index is 12.4. The number of nitrogens with zero attached hydrogens (tertiary/aromatic N) is 1. The second-order valence-corrected chi connectivity index (χ2v) is 5.66. The highest BCUT2D eigenvalue weighted by molar-refractivity contribution is 6.09. The molecule has 2 aromatic rings. The molecule has 2 N–H and O–H groups in total. The summed E-state index contributed by atoms with van der Waals surface area (Å²) in [6.07, 6.45) is -3.82. The molecule has 0 saturated carbocycles. The molecule has 2 rings (SSSR count). The van der Waals surface area contributed by atoms with Gasteiger partial charge in [-0.05, 0) is 55.0 Å². The third-order valence-corrected chi connectivity index (χ3v) is 3.50. The van der Waals surface area contributed by atoms with Crippen LogP contribution in [0.4, 0.5) is 24.5 Å². The number of nitriles is 1. The molecule has 0 aliphatic heterocycles. The highest BCUT2D eigenvalue weighted by Gasteiger charge is 2.38. The van der Waals surface area contributed by atoms with Crippen LogP contribution in [0.2, 0.25) is 0 Å². The first kappa shape index (κ1) is 21.5. The van der Waals surface area contributed by atoms with Crippen LogP contribution in [0.15, 0.2) is 54.1 Å². The van der Waals surface area contributed by atoms with Crippen molar-refractivity contribution in [2.45, 2.75) is 13.1 Å². The van der Waals surface area contributed by atoms with E-state index in [1.807, 2.05) is 6.92 Å². The molecule has 0 aromatic heterocycles. The average Bonchev–Trinajstić information content (AvgIpc) is 2.67. The molecule has 150 valence electrons.